The molecule has 3 N–H and O–H groups in total. The third-order valence-corrected chi connectivity index (χ3v) is 4.55. The molecule has 1 aliphatic heterocycles. The van der Waals surface area contributed by atoms with Gasteiger partial charge in [-0.2, -0.15) is 0 Å². The first-order valence-corrected chi connectivity index (χ1v) is 8.04. The van der Waals surface area contributed by atoms with Gasteiger partial charge in [-0.15, -0.1) is 0 Å². The predicted molar refractivity (Wildman–Crippen MR) is 87.5 cm³/mol. The first kappa shape index (κ1) is 15.7. The molecular weight excluding hydrogens is 294 g/mol. The molecule has 122 valence electrons. The number of carbonyl (C=O) groups is 2. The molecule has 2 aliphatic rings. The van der Waals surface area contributed by atoms with Crippen LogP contribution in [0.5, 0.6) is 0 Å². The zero-order chi connectivity index (χ0) is 16.4. The topological polar surface area (TPSA) is 96.0 Å². The number of rotatable bonds is 3. The van der Waals surface area contributed by atoms with Gasteiger partial charge in [0.15, 0.2) is 6.17 Å². The molecule has 1 fully saturated rings. The number of amides is 1. The first-order chi connectivity index (χ1) is 11.1. The van der Waals surface area contributed by atoms with Crippen molar-refractivity contribution in [3.63, 3.8) is 0 Å². The summed E-state index contributed by atoms with van der Waals surface area (Å²) in [6.07, 6.45) is 4.54. The van der Waals surface area contributed by atoms with Crippen molar-refractivity contribution in [2.24, 2.45) is 16.6 Å². The number of para-hydroxylation sites is 1. The summed E-state index contributed by atoms with van der Waals surface area (Å²) in [5, 5.41) is 9.13. The molecule has 0 aromatic heterocycles. The van der Waals surface area contributed by atoms with E-state index in [1.54, 1.807) is 12.1 Å². The molecule has 1 aromatic rings. The maximum atomic E-state index is 12.5. The van der Waals surface area contributed by atoms with E-state index < -0.39 is 24.6 Å². The van der Waals surface area contributed by atoms with E-state index in [1.165, 1.54) is 11.3 Å². The summed E-state index contributed by atoms with van der Waals surface area (Å²) in [5.41, 5.74) is 8.23. The highest BCUT2D eigenvalue weighted by Gasteiger charge is 2.33. The molecule has 1 amide bonds. The van der Waals surface area contributed by atoms with Gasteiger partial charge in [-0.3, -0.25) is 19.5 Å². The van der Waals surface area contributed by atoms with Crippen molar-refractivity contribution in [3.8, 4) is 0 Å². The first-order valence-electron chi connectivity index (χ1n) is 8.04. The summed E-state index contributed by atoms with van der Waals surface area (Å²) in [6, 6.07) is 7.36. The molecule has 0 bridgehead atoms. The largest absolute Gasteiger partial charge is 0.480 e. The van der Waals surface area contributed by atoms with Crippen LogP contribution in [0, 0.1) is 5.92 Å². The highest BCUT2D eigenvalue weighted by molar-refractivity contribution is 6.14. The summed E-state index contributed by atoms with van der Waals surface area (Å²) >= 11 is 0. The standard InChI is InChI=1S/C17H21N3O3/c18-16-17(23)20(10-14(21)22)13-9-5-4-8-12(13)15(19-16)11-6-2-1-3-7-11/h4-5,8-9,11,16H,1-3,6-7,10,18H2,(H,21,22). The fraction of sp³-hybridized carbons (Fsp3) is 0.471. The molecule has 1 unspecified atom stereocenters. The minimum atomic E-state index is -1.07. The lowest BCUT2D eigenvalue weighted by molar-refractivity contribution is -0.136. The molecular formula is C17H21N3O3. The van der Waals surface area contributed by atoms with Gasteiger partial charge in [0.05, 0.1) is 5.69 Å². The van der Waals surface area contributed by atoms with Crippen LogP contribution < -0.4 is 10.6 Å². The third-order valence-electron chi connectivity index (χ3n) is 4.55. The van der Waals surface area contributed by atoms with Crippen LogP contribution in [-0.2, 0) is 9.59 Å². The van der Waals surface area contributed by atoms with E-state index in [0.29, 0.717) is 5.69 Å². The van der Waals surface area contributed by atoms with Crippen LogP contribution in [0.3, 0.4) is 0 Å². The van der Waals surface area contributed by atoms with Gasteiger partial charge in [-0.25, -0.2) is 0 Å². The SMILES string of the molecule is NC1N=C(C2CCCCC2)c2ccccc2N(CC(=O)O)C1=O. The van der Waals surface area contributed by atoms with Crippen molar-refractivity contribution in [2.75, 3.05) is 11.4 Å². The zero-order valence-electron chi connectivity index (χ0n) is 12.9. The molecule has 0 radical (unpaired) electrons. The lowest BCUT2D eigenvalue weighted by Crippen LogP contribution is -2.44. The van der Waals surface area contributed by atoms with E-state index >= 15 is 0 Å². The van der Waals surface area contributed by atoms with Gasteiger partial charge in [0.1, 0.15) is 6.54 Å². The Morgan fingerprint density at radius 3 is 2.65 bits per heavy atom. The van der Waals surface area contributed by atoms with Crippen LogP contribution in [0.4, 0.5) is 5.69 Å². The molecule has 1 saturated carbocycles. The molecule has 23 heavy (non-hydrogen) atoms. The minimum Gasteiger partial charge on any atom is -0.480 e. The van der Waals surface area contributed by atoms with Crippen molar-refractivity contribution in [1.82, 2.24) is 0 Å². The summed E-state index contributed by atoms with van der Waals surface area (Å²) < 4.78 is 0. The predicted octanol–water partition coefficient (Wildman–Crippen LogP) is 1.77. The van der Waals surface area contributed by atoms with Crippen molar-refractivity contribution >= 4 is 23.3 Å². The van der Waals surface area contributed by atoms with E-state index in [0.717, 1.165) is 37.0 Å². The number of aliphatic carboxylic acids is 1. The molecule has 3 rings (SSSR count). The number of hydrogen-bond acceptors (Lipinski definition) is 4. The van der Waals surface area contributed by atoms with Crippen LogP contribution in [0.15, 0.2) is 29.3 Å². The van der Waals surface area contributed by atoms with Crippen molar-refractivity contribution in [2.45, 2.75) is 38.3 Å². The Labute approximate surface area is 135 Å². The average molecular weight is 315 g/mol. The lowest BCUT2D eigenvalue weighted by Gasteiger charge is -2.25. The van der Waals surface area contributed by atoms with Crippen molar-refractivity contribution in [1.29, 1.82) is 0 Å². The minimum absolute atomic E-state index is 0.286. The second-order valence-corrected chi connectivity index (χ2v) is 6.13. The number of nitrogens with two attached hydrogens (primary N) is 1. The number of fused-ring (bicyclic) bond motifs is 1. The fourth-order valence-corrected chi connectivity index (χ4v) is 3.48. The quantitative estimate of drug-likeness (QED) is 0.888. The Kier molecular flexibility index (Phi) is 4.43. The average Bonchev–Trinajstić information content (AvgIpc) is 2.66. The highest BCUT2D eigenvalue weighted by atomic mass is 16.4. The molecule has 6 heteroatoms. The number of carboxylic acids is 1. The molecule has 1 heterocycles. The Hall–Kier alpha value is -2.21. The number of benzene rings is 1. The van der Waals surface area contributed by atoms with Crippen LogP contribution in [0.2, 0.25) is 0 Å². The third kappa shape index (κ3) is 3.12. The second-order valence-electron chi connectivity index (χ2n) is 6.13. The van der Waals surface area contributed by atoms with Gasteiger partial charge in [0, 0.05) is 17.2 Å². The van der Waals surface area contributed by atoms with Gasteiger partial charge in [-0.05, 0) is 18.9 Å². The van der Waals surface area contributed by atoms with Crippen LogP contribution in [-0.4, -0.2) is 35.4 Å². The van der Waals surface area contributed by atoms with Gasteiger partial charge < -0.3 is 10.8 Å². The number of anilines is 1. The summed E-state index contributed by atoms with van der Waals surface area (Å²) in [7, 11) is 0. The smallest absolute Gasteiger partial charge is 0.323 e. The van der Waals surface area contributed by atoms with Crippen molar-refractivity contribution in [3.05, 3.63) is 29.8 Å². The molecule has 0 saturated heterocycles. The Morgan fingerprint density at radius 1 is 1.26 bits per heavy atom. The number of benzodiazepines with no additional fused rings is 1. The highest BCUT2D eigenvalue weighted by Crippen LogP contribution is 2.33. The van der Waals surface area contributed by atoms with Crippen molar-refractivity contribution < 1.29 is 14.7 Å². The fourth-order valence-electron chi connectivity index (χ4n) is 3.48. The number of nitrogens with zero attached hydrogens (tertiary/aromatic N) is 2. The maximum Gasteiger partial charge on any atom is 0.323 e. The van der Waals surface area contributed by atoms with E-state index in [-0.39, 0.29) is 5.92 Å². The Balaban J connectivity index is 2.07. The molecule has 1 aliphatic carbocycles. The van der Waals surface area contributed by atoms with Crippen LogP contribution in [0.1, 0.15) is 37.7 Å². The number of hydrogen-bond donors (Lipinski definition) is 2. The van der Waals surface area contributed by atoms with Gasteiger partial charge in [-0.1, -0.05) is 37.5 Å². The van der Waals surface area contributed by atoms with E-state index in [4.69, 9.17) is 10.8 Å². The monoisotopic (exact) mass is 315 g/mol. The van der Waals surface area contributed by atoms with E-state index in [2.05, 4.69) is 4.99 Å². The van der Waals surface area contributed by atoms with E-state index in [9.17, 15) is 9.59 Å². The maximum absolute atomic E-state index is 12.5. The number of aliphatic imine (C=N–C) groups is 1. The molecule has 1 aromatic carbocycles. The lowest BCUT2D eigenvalue weighted by atomic mass is 9.83. The Bertz CT molecular complexity index is 650. The number of carbonyl (C=O) groups excluding carboxylic acids is 1. The van der Waals surface area contributed by atoms with Crippen LogP contribution >= 0.6 is 0 Å². The van der Waals surface area contributed by atoms with Crippen LogP contribution in [0.25, 0.3) is 0 Å². The molecule has 6 nitrogen and oxygen atoms in total. The van der Waals surface area contributed by atoms with E-state index in [1.807, 2.05) is 12.1 Å². The normalized spacial score (nSPS) is 22.3. The van der Waals surface area contributed by atoms with Gasteiger partial charge >= 0.3 is 5.97 Å². The second kappa shape index (κ2) is 6.50. The summed E-state index contributed by atoms with van der Waals surface area (Å²) in [6.45, 7) is -0.406. The molecule has 1 atom stereocenters. The summed E-state index contributed by atoms with van der Waals surface area (Å²) in [4.78, 5) is 29.4. The molecule has 0 spiro atoms. The Morgan fingerprint density at radius 2 is 1.96 bits per heavy atom. The van der Waals surface area contributed by atoms with Gasteiger partial charge in [0.2, 0.25) is 0 Å². The zero-order valence-corrected chi connectivity index (χ0v) is 12.9. The number of carboxylic acid groups (broad SMARTS) is 1. The van der Waals surface area contributed by atoms with Gasteiger partial charge in [0.25, 0.3) is 5.91 Å². The summed E-state index contributed by atoms with van der Waals surface area (Å²) in [5.74, 6) is -1.25.